The minimum Gasteiger partial charge on any atom is -0.462 e. The summed E-state index contributed by atoms with van der Waals surface area (Å²) in [6.45, 7) is 2.13. The quantitative estimate of drug-likeness (QED) is 0.438. The number of unbranched alkanes of at least 4 members (excludes halogenated alkanes) is 2. The Morgan fingerprint density at radius 3 is 3.00 bits per heavy atom. The summed E-state index contributed by atoms with van der Waals surface area (Å²) in [5.74, 6) is -0.136. The largest absolute Gasteiger partial charge is 0.462 e. The van der Waals surface area contributed by atoms with E-state index in [9.17, 15) is 15.0 Å². The highest BCUT2D eigenvalue weighted by molar-refractivity contribution is 5.72. The summed E-state index contributed by atoms with van der Waals surface area (Å²) in [6, 6.07) is 0. The van der Waals surface area contributed by atoms with E-state index in [2.05, 4.69) is 6.92 Å². The lowest BCUT2D eigenvalue weighted by molar-refractivity contribution is -0.141. The highest BCUT2D eigenvalue weighted by Crippen LogP contribution is 2.42. The summed E-state index contributed by atoms with van der Waals surface area (Å²) in [6.07, 6.45) is 7.58. The van der Waals surface area contributed by atoms with E-state index in [1.165, 1.54) is 0 Å². The van der Waals surface area contributed by atoms with Crippen LogP contribution in [-0.2, 0) is 9.53 Å². The molecule has 4 heteroatoms. The molecule has 2 N–H and O–H groups in total. The topological polar surface area (TPSA) is 66.8 Å². The number of aliphatic hydroxyl groups excluding tert-OH is 2. The predicted molar refractivity (Wildman–Crippen MR) is 71.4 cm³/mol. The molecule has 0 amide bonds. The molecule has 19 heavy (non-hydrogen) atoms. The first-order valence-electron chi connectivity index (χ1n) is 7.35. The number of rotatable bonds is 6. The van der Waals surface area contributed by atoms with Gasteiger partial charge in [0.15, 0.2) is 0 Å². The van der Waals surface area contributed by atoms with Gasteiger partial charge in [-0.1, -0.05) is 38.3 Å². The Hall–Kier alpha value is -0.870. The molecule has 4 nitrogen and oxygen atoms in total. The average molecular weight is 268 g/mol. The molecule has 0 aromatic rings. The summed E-state index contributed by atoms with van der Waals surface area (Å²) in [5.41, 5.74) is 0. The molecule has 1 aliphatic heterocycles. The van der Waals surface area contributed by atoms with Gasteiger partial charge in [0, 0.05) is 18.3 Å². The number of esters is 1. The molecule has 0 bridgehead atoms. The first kappa shape index (κ1) is 14.5. The fourth-order valence-corrected chi connectivity index (χ4v) is 3.14. The fourth-order valence-electron chi connectivity index (χ4n) is 3.14. The van der Waals surface area contributed by atoms with Gasteiger partial charge in [-0.3, -0.25) is 4.79 Å². The van der Waals surface area contributed by atoms with E-state index in [0.29, 0.717) is 12.8 Å². The van der Waals surface area contributed by atoms with Gasteiger partial charge in [-0.05, 0) is 6.42 Å². The van der Waals surface area contributed by atoms with Crippen LogP contribution in [0.5, 0.6) is 0 Å². The molecule has 0 unspecified atom stereocenters. The third kappa shape index (κ3) is 3.57. The first-order chi connectivity index (χ1) is 9.11. The van der Waals surface area contributed by atoms with Gasteiger partial charge in [0.05, 0.1) is 18.6 Å². The molecular formula is C15H24O4. The lowest BCUT2D eigenvalue weighted by Gasteiger charge is -2.15. The zero-order valence-electron chi connectivity index (χ0n) is 11.5. The maximum Gasteiger partial charge on any atom is 0.306 e. The van der Waals surface area contributed by atoms with Gasteiger partial charge in [-0.15, -0.1) is 0 Å². The Labute approximate surface area is 114 Å². The van der Waals surface area contributed by atoms with Crippen molar-refractivity contribution in [3.8, 4) is 0 Å². The van der Waals surface area contributed by atoms with Gasteiger partial charge in [0.1, 0.15) is 6.10 Å². The van der Waals surface area contributed by atoms with Gasteiger partial charge in [-0.2, -0.15) is 0 Å². The predicted octanol–water partition coefficient (Wildman–Crippen LogP) is 1.80. The van der Waals surface area contributed by atoms with Crippen LogP contribution in [0.15, 0.2) is 12.2 Å². The van der Waals surface area contributed by atoms with Crippen molar-refractivity contribution in [1.82, 2.24) is 0 Å². The second kappa shape index (κ2) is 6.53. The number of ether oxygens (including phenoxy) is 1. The highest BCUT2D eigenvalue weighted by atomic mass is 16.6. The van der Waals surface area contributed by atoms with Crippen LogP contribution in [0.25, 0.3) is 0 Å². The van der Waals surface area contributed by atoms with Crippen LogP contribution in [0.3, 0.4) is 0 Å². The summed E-state index contributed by atoms with van der Waals surface area (Å²) in [7, 11) is 0. The van der Waals surface area contributed by atoms with Gasteiger partial charge in [0.2, 0.25) is 0 Å². The Kier molecular flexibility index (Phi) is 4.99. The van der Waals surface area contributed by atoms with Crippen molar-refractivity contribution in [3.05, 3.63) is 12.2 Å². The third-order valence-electron chi connectivity index (χ3n) is 4.23. The van der Waals surface area contributed by atoms with Gasteiger partial charge in [0.25, 0.3) is 0 Å². The average Bonchev–Trinajstić information content (AvgIpc) is 2.82. The van der Waals surface area contributed by atoms with Crippen LogP contribution in [0.4, 0.5) is 0 Å². The number of hydrogen-bond donors (Lipinski definition) is 2. The van der Waals surface area contributed by atoms with Crippen molar-refractivity contribution >= 4 is 5.97 Å². The van der Waals surface area contributed by atoms with E-state index in [1.807, 2.05) is 6.08 Å². The normalized spacial score (nSPS) is 35.6. The molecule has 2 fully saturated rings. The molecule has 1 saturated heterocycles. The molecular weight excluding hydrogens is 244 g/mol. The number of hydrogen-bond acceptors (Lipinski definition) is 4. The SMILES string of the molecule is CCCCC[C@@H](O)C=C[C@H]1[C@@H]2CC(=O)O[C@@H]2C[C@@H]1O. The Morgan fingerprint density at radius 2 is 2.26 bits per heavy atom. The summed E-state index contributed by atoms with van der Waals surface area (Å²) in [4.78, 5) is 11.2. The summed E-state index contributed by atoms with van der Waals surface area (Å²) >= 11 is 0. The molecule has 5 atom stereocenters. The molecule has 1 saturated carbocycles. The van der Waals surface area contributed by atoms with Crippen molar-refractivity contribution in [1.29, 1.82) is 0 Å². The number of carbonyl (C=O) groups excluding carboxylic acids is 1. The van der Waals surface area contributed by atoms with Crippen LogP contribution in [0.1, 0.15) is 45.4 Å². The van der Waals surface area contributed by atoms with Crippen LogP contribution in [-0.4, -0.2) is 34.5 Å². The maximum atomic E-state index is 11.2. The highest BCUT2D eigenvalue weighted by Gasteiger charge is 2.48. The molecule has 1 aliphatic carbocycles. The lowest BCUT2D eigenvalue weighted by Crippen LogP contribution is -2.18. The van der Waals surface area contributed by atoms with Gasteiger partial charge < -0.3 is 14.9 Å². The lowest BCUT2D eigenvalue weighted by atomic mass is 9.91. The molecule has 108 valence electrons. The van der Waals surface area contributed by atoms with Crippen molar-refractivity contribution in [2.24, 2.45) is 11.8 Å². The smallest absolute Gasteiger partial charge is 0.306 e. The molecule has 2 rings (SSSR count). The minimum atomic E-state index is -0.456. The Bertz CT molecular complexity index is 339. The number of fused-ring (bicyclic) bond motifs is 1. The molecule has 0 aromatic carbocycles. The summed E-state index contributed by atoms with van der Waals surface area (Å²) in [5, 5.41) is 19.8. The second-order valence-electron chi connectivity index (χ2n) is 5.72. The van der Waals surface area contributed by atoms with E-state index >= 15 is 0 Å². The van der Waals surface area contributed by atoms with E-state index in [0.717, 1.165) is 25.7 Å². The number of aliphatic hydroxyl groups is 2. The van der Waals surface area contributed by atoms with Crippen LogP contribution in [0, 0.1) is 11.8 Å². The second-order valence-corrected chi connectivity index (χ2v) is 5.72. The zero-order chi connectivity index (χ0) is 13.8. The Morgan fingerprint density at radius 1 is 1.47 bits per heavy atom. The van der Waals surface area contributed by atoms with Crippen molar-refractivity contribution in [3.63, 3.8) is 0 Å². The summed E-state index contributed by atoms with van der Waals surface area (Å²) < 4.78 is 5.18. The van der Waals surface area contributed by atoms with E-state index < -0.39 is 12.2 Å². The standard InChI is InChI=1S/C15H24O4/c1-2-3-4-5-10(16)6-7-11-12-8-15(18)19-14(12)9-13(11)17/h6-7,10-14,16-17H,2-5,8-9H2,1H3/t10-,11+,12+,13+,14-/m1/s1. The molecule has 0 aromatic heterocycles. The van der Waals surface area contributed by atoms with E-state index in [1.54, 1.807) is 6.08 Å². The van der Waals surface area contributed by atoms with Crippen LogP contribution in [0.2, 0.25) is 0 Å². The first-order valence-corrected chi connectivity index (χ1v) is 7.35. The molecule has 0 spiro atoms. The van der Waals surface area contributed by atoms with Gasteiger partial charge in [-0.25, -0.2) is 0 Å². The van der Waals surface area contributed by atoms with Crippen LogP contribution >= 0.6 is 0 Å². The molecule has 0 radical (unpaired) electrons. The maximum absolute atomic E-state index is 11.2. The molecule has 2 aliphatic rings. The van der Waals surface area contributed by atoms with Crippen molar-refractivity contribution in [2.45, 2.75) is 63.8 Å². The van der Waals surface area contributed by atoms with Crippen molar-refractivity contribution in [2.75, 3.05) is 0 Å². The van der Waals surface area contributed by atoms with E-state index in [-0.39, 0.29) is 23.9 Å². The zero-order valence-corrected chi connectivity index (χ0v) is 11.5. The third-order valence-corrected chi connectivity index (χ3v) is 4.23. The number of carbonyl (C=O) groups is 1. The fraction of sp³-hybridized carbons (Fsp3) is 0.800. The molecule has 1 heterocycles. The van der Waals surface area contributed by atoms with Gasteiger partial charge >= 0.3 is 5.97 Å². The van der Waals surface area contributed by atoms with Crippen LogP contribution < -0.4 is 0 Å². The van der Waals surface area contributed by atoms with Crippen molar-refractivity contribution < 1.29 is 19.7 Å². The van der Waals surface area contributed by atoms with E-state index in [4.69, 9.17) is 4.74 Å². The monoisotopic (exact) mass is 268 g/mol. The Balaban J connectivity index is 1.85. The minimum absolute atomic E-state index is 0.0581.